The zero-order valence-electron chi connectivity index (χ0n) is 17.0. The van der Waals surface area contributed by atoms with Gasteiger partial charge in [0.25, 0.3) is 0 Å². The van der Waals surface area contributed by atoms with E-state index in [2.05, 4.69) is 42.3 Å². The van der Waals surface area contributed by atoms with Crippen molar-refractivity contribution in [2.45, 2.75) is 65.8 Å². The number of carbonyl (C=O) groups is 1. The second-order valence-electron chi connectivity index (χ2n) is 7.75. The van der Waals surface area contributed by atoms with E-state index in [0.717, 1.165) is 25.2 Å². The number of nitrogens with one attached hydrogen (secondary N) is 1. The molecule has 1 aliphatic rings. The molecule has 3 N–H and O–H groups in total. The fourth-order valence-corrected chi connectivity index (χ4v) is 3.73. The standard InChI is InChI=1S/C21H35N3O2/c1-6-24(7-2)15-17-12-10-9-11-16(17)14-23-19(25)21(22)13-18(26-8-3)20(21,4)5/h9-12,18H,6-8,13-15,22H2,1-5H3,(H,23,25). The van der Waals surface area contributed by atoms with Crippen molar-refractivity contribution in [3.05, 3.63) is 35.4 Å². The van der Waals surface area contributed by atoms with Crippen LogP contribution in [0.15, 0.2) is 24.3 Å². The second kappa shape index (κ2) is 8.51. The second-order valence-corrected chi connectivity index (χ2v) is 7.75. The van der Waals surface area contributed by atoms with Crippen LogP contribution >= 0.6 is 0 Å². The zero-order chi connectivity index (χ0) is 19.4. The highest BCUT2D eigenvalue weighted by Gasteiger charge is 2.62. The average molecular weight is 362 g/mol. The van der Waals surface area contributed by atoms with Crippen molar-refractivity contribution in [3.8, 4) is 0 Å². The van der Waals surface area contributed by atoms with Gasteiger partial charge in [0.2, 0.25) is 5.91 Å². The minimum Gasteiger partial charge on any atom is -0.378 e. The molecule has 0 spiro atoms. The molecule has 2 atom stereocenters. The third kappa shape index (κ3) is 3.95. The highest BCUT2D eigenvalue weighted by molar-refractivity contribution is 5.88. The van der Waals surface area contributed by atoms with Gasteiger partial charge >= 0.3 is 0 Å². The molecule has 0 saturated heterocycles. The van der Waals surface area contributed by atoms with Gasteiger partial charge in [-0.2, -0.15) is 0 Å². The quantitative estimate of drug-likeness (QED) is 0.710. The number of carbonyl (C=O) groups excluding carboxylic acids is 1. The summed E-state index contributed by atoms with van der Waals surface area (Å²) in [5.74, 6) is -0.0869. The highest BCUT2D eigenvalue weighted by Crippen LogP contribution is 2.49. The molecule has 0 aliphatic heterocycles. The summed E-state index contributed by atoms with van der Waals surface area (Å²) < 4.78 is 5.72. The SMILES string of the molecule is CCOC1CC(N)(C(=O)NCc2ccccc2CN(CC)CC)C1(C)C. The summed E-state index contributed by atoms with van der Waals surface area (Å²) in [6, 6.07) is 8.29. The zero-order valence-corrected chi connectivity index (χ0v) is 17.0. The summed E-state index contributed by atoms with van der Waals surface area (Å²) in [6.07, 6.45) is 0.610. The van der Waals surface area contributed by atoms with Gasteiger partial charge in [0.15, 0.2) is 0 Å². The van der Waals surface area contributed by atoms with Crippen molar-refractivity contribution in [1.82, 2.24) is 10.2 Å². The lowest BCUT2D eigenvalue weighted by Gasteiger charge is -2.57. The van der Waals surface area contributed by atoms with Crippen LogP contribution < -0.4 is 11.1 Å². The van der Waals surface area contributed by atoms with Crippen molar-refractivity contribution in [3.63, 3.8) is 0 Å². The monoisotopic (exact) mass is 361 g/mol. The van der Waals surface area contributed by atoms with Crippen molar-refractivity contribution < 1.29 is 9.53 Å². The minimum absolute atomic E-state index is 0.0400. The van der Waals surface area contributed by atoms with E-state index in [-0.39, 0.29) is 17.4 Å². The van der Waals surface area contributed by atoms with Crippen LogP contribution in [0, 0.1) is 5.41 Å². The molecule has 1 aromatic rings. The number of benzene rings is 1. The lowest BCUT2D eigenvalue weighted by Crippen LogP contribution is -2.75. The van der Waals surface area contributed by atoms with Crippen LogP contribution in [0.3, 0.4) is 0 Å². The molecule has 5 heteroatoms. The Morgan fingerprint density at radius 2 is 1.85 bits per heavy atom. The van der Waals surface area contributed by atoms with E-state index >= 15 is 0 Å². The number of amides is 1. The number of ether oxygens (including phenoxy) is 1. The summed E-state index contributed by atoms with van der Waals surface area (Å²) in [6.45, 7) is 14.4. The first-order chi connectivity index (χ1) is 12.3. The Morgan fingerprint density at radius 1 is 1.23 bits per heavy atom. The molecule has 26 heavy (non-hydrogen) atoms. The number of hydrogen-bond donors (Lipinski definition) is 2. The Morgan fingerprint density at radius 3 is 2.38 bits per heavy atom. The third-order valence-corrected chi connectivity index (χ3v) is 6.08. The Balaban J connectivity index is 2.02. The van der Waals surface area contributed by atoms with E-state index in [9.17, 15) is 4.79 Å². The fraction of sp³-hybridized carbons (Fsp3) is 0.667. The van der Waals surface area contributed by atoms with Crippen LogP contribution in [0.25, 0.3) is 0 Å². The van der Waals surface area contributed by atoms with E-state index in [1.165, 1.54) is 5.56 Å². The number of nitrogens with two attached hydrogens (primary N) is 1. The summed E-state index contributed by atoms with van der Waals surface area (Å²) in [5.41, 5.74) is 7.63. The smallest absolute Gasteiger partial charge is 0.241 e. The van der Waals surface area contributed by atoms with Crippen LogP contribution in [0.2, 0.25) is 0 Å². The summed E-state index contributed by atoms with van der Waals surface area (Å²) in [5, 5.41) is 3.07. The Bertz CT molecular complexity index is 613. The maximum absolute atomic E-state index is 12.8. The molecule has 146 valence electrons. The molecule has 1 fully saturated rings. The van der Waals surface area contributed by atoms with E-state index < -0.39 is 5.54 Å². The van der Waals surface area contributed by atoms with Gasteiger partial charge < -0.3 is 15.8 Å². The molecule has 0 aromatic heterocycles. The predicted octanol–water partition coefficient (Wildman–Crippen LogP) is 2.68. The van der Waals surface area contributed by atoms with Crippen LogP contribution in [0.4, 0.5) is 0 Å². The van der Waals surface area contributed by atoms with Crippen molar-refractivity contribution >= 4 is 5.91 Å². The number of hydrogen-bond acceptors (Lipinski definition) is 4. The van der Waals surface area contributed by atoms with Gasteiger partial charge in [-0.1, -0.05) is 52.0 Å². The summed E-state index contributed by atoms with van der Waals surface area (Å²) >= 11 is 0. The molecular formula is C21H35N3O2. The van der Waals surface area contributed by atoms with Gasteiger partial charge in [0.1, 0.15) is 5.54 Å². The lowest BCUT2D eigenvalue weighted by molar-refractivity contribution is -0.170. The van der Waals surface area contributed by atoms with Crippen LogP contribution in [0.5, 0.6) is 0 Å². The average Bonchev–Trinajstić information content (AvgIpc) is 2.64. The molecule has 2 rings (SSSR count). The number of rotatable bonds is 9. The van der Waals surface area contributed by atoms with Gasteiger partial charge in [-0.15, -0.1) is 0 Å². The number of nitrogens with zero attached hydrogens (tertiary/aromatic N) is 1. The molecule has 1 aliphatic carbocycles. The van der Waals surface area contributed by atoms with E-state index in [4.69, 9.17) is 10.5 Å². The first-order valence-electron chi connectivity index (χ1n) is 9.78. The molecule has 1 aromatic carbocycles. The van der Waals surface area contributed by atoms with Crippen LogP contribution in [0.1, 0.15) is 52.2 Å². The highest BCUT2D eigenvalue weighted by atomic mass is 16.5. The molecule has 1 amide bonds. The van der Waals surface area contributed by atoms with E-state index in [1.807, 2.05) is 26.8 Å². The molecule has 5 nitrogen and oxygen atoms in total. The maximum atomic E-state index is 12.8. The van der Waals surface area contributed by atoms with Crippen molar-refractivity contribution in [2.75, 3.05) is 19.7 Å². The van der Waals surface area contributed by atoms with Crippen LogP contribution in [-0.4, -0.2) is 42.1 Å². The molecule has 2 unspecified atom stereocenters. The normalized spacial score (nSPS) is 24.3. The largest absolute Gasteiger partial charge is 0.378 e. The van der Waals surface area contributed by atoms with E-state index in [1.54, 1.807) is 0 Å². The van der Waals surface area contributed by atoms with Crippen molar-refractivity contribution in [2.24, 2.45) is 11.1 Å². The summed E-state index contributed by atoms with van der Waals surface area (Å²) in [7, 11) is 0. The van der Waals surface area contributed by atoms with Gasteiger partial charge in [0.05, 0.1) is 6.10 Å². The topological polar surface area (TPSA) is 67.6 Å². The fourth-order valence-electron chi connectivity index (χ4n) is 3.73. The Hall–Kier alpha value is -1.43. The van der Waals surface area contributed by atoms with Gasteiger partial charge in [-0.3, -0.25) is 9.69 Å². The van der Waals surface area contributed by atoms with Gasteiger partial charge in [0, 0.05) is 31.5 Å². The van der Waals surface area contributed by atoms with Crippen molar-refractivity contribution in [1.29, 1.82) is 0 Å². The molecule has 0 radical (unpaired) electrons. The Labute approximate surface area is 158 Å². The first-order valence-corrected chi connectivity index (χ1v) is 9.78. The van der Waals surface area contributed by atoms with Gasteiger partial charge in [-0.25, -0.2) is 0 Å². The molecular weight excluding hydrogens is 326 g/mol. The molecule has 1 saturated carbocycles. The van der Waals surface area contributed by atoms with Crippen LogP contribution in [-0.2, 0) is 22.6 Å². The minimum atomic E-state index is -0.874. The van der Waals surface area contributed by atoms with Gasteiger partial charge in [-0.05, 0) is 31.1 Å². The molecule has 0 bridgehead atoms. The predicted molar refractivity (Wildman–Crippen MR) is 106 cm³/mol. The molecule has 0 heterocycles. The summed E-state index contributed by atoms with van der Waals surface area (Å²) in [4.78, 5) is 15.2. The Kier molecular flexibility index (Phi) is 6.83. The first kappa shape index (κ1) is 20.9. The third-order valence-electron chi connectivity index (χ3n) is 6.08. The van der Waals surface area contributed by atoms with E-state index in [0.29, 0.717) is 19.6 Å². The maximum Gasteiger partial charge on any atom is 0.241 e. The lowest BCUT2D eigenvalue weighted by atomic mass is 9.54.